The summed E-state index contributed by atoms with van der Waals surface area (Å²) in [5.74, 6) is -0.365. The molecule has 0 saturated carbocycles. The van der Waals surface area contributed by atoms with Crippen molar-refractivity contribution in [1.29, 1.82) is 0 Å². The van der Waals surface area contributed by atoms with Gasteiger partial charge in [-0.15, -0.1) is 0 Å². The quantitative estimate of drug-likeness (QED) is 0.451. The highest BCUT2D eigenvalue weighted by molar-refractivity contribution is 9.10. The molecule has 0 saturated heterocycles. The second-order valence-corrected chi connectivity index (χ2v) is 7.34. The van der Waals surface area contributed by atoms with Crippen LogP contribution in [0.2, 0.25) is 0 Å². The molecule has 1 amide bonds. The minimum absolute atomic E-state index is 0.133. The number of halogens is 2. The summed E-state index contributed by atoms with van der Waals surface area (Å²) in [5, 5.41) is 5.87. The van der Waals surface area contributed by atoms with Crippen LogP contribution in [0.5, 0.6) is 5.75 Å². The van der Waals surface area contributed by atoms with E-state index in [0.29, 0.717) is 12.3 Å². The largest absolute Gasteiger partial charge is 0.483 e. The molecule has 0 bridgehead atoms. The molecule has 0 atom stereocenters. The molecule has 0 heterocycles. The van der Waals surface area contributed by atoms with Crippen LogP contribution in [0.1, 0.15) is 18.1 Å². The van der Waals surface area contributed by atoms with E-state index in [9.17, 15) is 9.18 Å². The van der Waals surface area contributed by atoms with Gasteiger partial charge in [-0.3, -0.25) is 4.79 Å². The van der Waals surface area contributed by atoms with Gasteiger partial charge in [-0.2, -0.15) is 0 Å². The summed E-state index contributed by atoms with van der Waals surface area (Å²) in [4.78, 5) is 12.0. The number of hydrogen-bond donors (Lipinski definition) is 2. The molecule has 0 aliphatic carbocycles. The van der Waals surface area contributed by atoms with Crippen LogP contribution in [0.25, 0.3) is 0 Å². The molecule has 4 nitrogen and oxygen atoms in total. The third kappa shape index (κ3) is 6.06. The number of carbonyl (C=O) groups is 1. The molecule has 29 heavy (non-hydrogen) atoms. The molecular formula is C23H22BrFN2O2. The Morgan fingerprint density at radius 3 is 2.45 bits per heavy atom. The van der Waals surface area contributed by atoms with Crippen LogP contribution in [0.15, 0.2) is 71.2 Å². The molecule has 3 rings (SSSR count). The zero-order valence-electron chi connectivity index (χ0n) is 16.0. The maximum Gasteiger partial charge on any atom is 0.262 e. The fourth-order valence-electron chi connectivity index (χ4n) is 2.73. The predicted octanol–water partition coefficient (Wildman–Crippen LogP) is 5.78. The average Bonchev–Trinajstić information content (AvgIpc) is 2.73. The highest BCUT2D eigenvalue weighted by Gasteiger charge is 2.09. The SMILES string of the molecule is CCc1ccc(NCc2ccc(OCC(=O)Nc3ccccc3F)c(Br)c2)cc1. The standard InChI is InChI=1S/C23H22BrFN2O2/c1-2-16-7-10-18(11-8-16)26-14-17-9-12-22(19(24)13-17)29-15-23(28)27-21-6-4-3-5-20(21)25/h3-13,26H,2,14-15H2,1H3,(H,27,28). The molecule has 150 valence electrons. The Bertz CT molecular complexity index is 977. The zero-order chi connectivity index (χ0) is 20.6. The smallest absolute Gasteiger partial charge is 0.262 e. The third-order valence-corrected chi connectivity index (χ3v) is 4.98. The summed E-state index contributed by atoms with van der Waals surface area (Å²) in [5.41, 5.74) is 3.57. The molecule has 0 aliphatic rings. The number of hydrogen-bond acceptors (Lipinski definition) is 3. The van der Waals surface area contributed by atoms with Gasteiger partial charge in [0.1, 0.15) is 11.6 Å². The van der Waals surface area contributed by atoms with Gasteiger partial charge in [0.15, 0.2) is 6.61 Å². The van der Waals surface area contributed by atoms with E-state index in [-0.39, 0.29) is 12.3 Å². The molecule has 6 heteroatoms. The van der Waals surface area contributed by atoms with Gasteiger partial charge in [-0.1, -0.05) is 37.3 Å². The normalized spacial score (nSPS) is 10.4. The Morgan fingerprint density at radius 1 is 1.03 bits per heavy atom. The number of anilines is 2. The number of ether oxygens (including phenoxy) is 1. The first-order chi connectivity index (χ1) is 14.0. The highest BCUT2D eigenvalue weighted by Crippen LogP contribution is 2.26. The number of nitrogens with one attached hydrogen (secondary N) is 2. The Morgan fingerprint density at radius 2 is 1.76 bits per heavy atom. The maximum absolute atomic E-state index is 13.6. The van der Waals surface area contributed by atoms with Gasteiger partial charge in [0.25, 0.3) is 5.91 Å². The van der Waals surface area contributed by atoms with E-state index >= 15 is 0 Å². The van der Waals surface area contributed by atoms with Crippen molar-refractivity contribution in [2.45, 2.75) is 19.9 Å². The van der Waals surface area contributed by atoms with Crippen molar-refractivity contribution in [3.63, 3.8) is 0 Å². The van der Waals surface area contributed by atoms with E-state index in [1.807, 2.05) is 12.1 Å². The minimum atomic E-state index is -0.483. The van der Waals surface area contributed by atoms with Crippen molar-refractivity contribution >= 4 is 33.2 Å². The summed E-state index contributed by atoms with van der Waals surface area (Å²) >= 11 is 3.48. The number of para-hydroxylation sites is 1. The molecule has 0 fully saturated rings. The van der Waals surface area contributed by atoms with Crippen molar-refractivity contribution in [3.8, 4) is 5.75 Å². The Kier molecular flexibility index (Phi) is 7.25. The van der Waals surface area contributed by atoms with E-state index in [4.69, 9.17) is 4.74 Å². The van der Waals surface area contributed by atoms with E-state index in [2.05, 4.69) is 57.8 Å². The van der Waals surface area contributed by atoms with Gasteiger partial charge in [0.05, 0.1) is 10.2 Å². The van der Waals surface area contributed by atoms with Gasteiger partial charge in [-0.05, 0) is 69.9 Å². The summed E-state index contributed by atoms with van der Waals surface area (Å²) in [6, 6.07) is 20.1. The minimum Gasteiger partial charge on any atom is -0.483 e. The summed E-state index contributed by atoms with van der Waals surface area (Å²) in [6.07, 6.45) is 1.02. The van der Waals surface area contributed by atoms with Crippen LogP contribution in [0.3, 0.4) is 0 Å². The molecule has 3 aromatic carbocycles. The summed E-state index contributed by atoms with van der Waals surface area (Å²) < 4.78 is 19.9. The van der Waals surface area contributed by atoms with E-state index < -0.39 is 11.7 Å². The first-order valence-corrected chi connectivity index (χ1v) is 10.1. The number of amides is 1. The highest BCUT2D eigenvalue weighted by atomic mass is 79.9. The second-order valence-electron chi connectivity index (χ2n) is 6.49. The lowest BCUT2D eigenvalue weighted by Gasteiger charge is -2.12. The van der Waals surface area contributed by atoms with Gasteiger partial charge >= 0.3 is 0 Å². The molecule has 0 aromatic heterocycles. The van der Waals surface area contributed by atoms with Crippen LogP contribution >= 0.6 is 15.9 Å². The zero-order valence-corrected chi connectivity index (χ0v) is 17.6. The lowest BCUT2D eigenvalue weighted by molar-refractivity contribution is -0.118. The van der Waals surface area contributed by atoms with Crippen molar-refractivity contribution in [2.24, 2.45) is 0 Å². The van der Waals surface area contributed by atoms with Crippen LogP contribution < -0.4 is 15.4 Å². The number of rotatable bonds is 8. The lowest BCUT2D eigenvalue weighted by Crippen LogP contribution is -2.20. The summed E-state index contributed by atoms with van der Waals surface area (Å²) in [7, 11) is 0. The predicted molar refractivity (Wildman–Crippen MR) is 118 cm³/mol. The van der Waals surface area contributed by atoms with Crippen molar-refractivity contribution in [3.05, 3.63) is 88.1 Å². The molecule has 0 radical (unpaired) electrons. The van der Waals surface area contributed by atoms with Gasteiger partial charge in [0.2, 0.25) is 0 Å². The Labute approximate surface area is 178 Å². The Hall–Kier alpha value is -2.86. The molecule has 0 aliphatic heterocycles. The summed E-state index contributed by atoms with van der Waals surface area (Å²) in [6.45, 7) is 2.58. The van der Waals surface area contributed by atoms with Crippen LogP contribution in [0.4, 0.5) is 15.8 Å². The lowest BCUT2D eigenvalue weighted by atomic mass is 10.1. The van der Waals surface area contributed by atoms with Crippen molar-refractivity contribution in [1.82, 2.24) is 0 Å². The van der Waals surface area contributed by atoms with Gasteiger partial charge in [-0.25, -0.2) is 4.39 Å². The van der Waals surface area contributed by atoms with Crippen LogP contribution in [-0.2, 0) is 17.8 Å². The van der Waals surface area contributed by atoms with Gasteiger partial charge < -0.3 is 15.4 Å². The number of carbonyl (C=O) groups excluding carboxylic acids is 1. The first kappa shape index (κ1) is 20.9. The van der Waals surface area contributed by atoms with E-state index in [1.165, 1.54) is 17.7 Å². The van der Waals surface area contributed by atoms with E-state index in [0.717, 1.165) is 22.1 Å². The van der Waals surface area contributed by atoms with E-state index in [1.54, 1.807) is 18.2 Å². The maximum atomic E-state index is 13.6. The average molecular weight is 457 g/mol. The number of benzene rings is 3. The molecule has 2 N–H and O–H groups in total. The fraction of sp³-hybridized carbons (Fsp3) is 0.174. The Balaban J connectivity index is 1.52. The monoisotopic (exact) mass is 456 g/mol. The van der Waals surface area contributed by atoms with Gasteiger partial charge in [0, 0.05) is 12.2 Å². The van der Waals surface area contributed by atoms with Crippen LogP contribution in [-0.4, -0.2) is 12.5 Å². The first-order valence-electron chi connectivity index (χ1n) is 9.33. The molecule has 0 spiro atoms. The van der Waals surface area contributed by atoms with Crippen LogP contribution in [0, 0.1) is 5.82 Å². The third-order valence-electron chi connectivity index (χ3n) is 4.36. The second kappa shape index (κ2) is 10.1. The topological polar surface area (TPSA) is 50.4 Å². The van der Waals surface area contributed by atoms with Crippen molar-refractivity contribution in [2.75, 3.05) is 17.2 Å². The van der Waals surface area contributed by atoms with Crippen molar-refractivity contribution < 1.29 is 13.9 Å². The fourth-order valence-corrected chi connectivity index (χ4v) is 3.27. The number of aryl methyl sites for hydroxylation is 1. The molecular weight excluding hydrogens is 435 g/mol. The molecule has 3 aromatic rings. The molecule has 0 unspecified atom stereocenters.